The average molecular weight is 403 g/mol. The first kappa shape index (κ1) is 16.8. The second-order valence-electron chi connectivity index (χ2n) is 4.26. The minimum Gasteiger partial charge on any atom is -0.465 e. The molecule has 0 aliphatic rings. The van der Waals surface area contributed by atoms with E-state index < -0.39 is 11.9 Å². The summed E-state index contributed by atoms with van der Waals surface area (Å²) in [7, 11) is 1.27. The normalized spacial score (nSPS) is 10.2. The van der Waals surface area contributed by atoms with Crippen LogP contribution in [0, 0.1) is 0 Å². The fraction of sp³-hybridized carbons (Fsp3) is 0.0667. The van der Waals surface area contributed by atoms with Crippen LogP contribution in [-0.2, 0) is 4.74 Å². The lowest BCUT2D eigenvalue weighted by Gasteiger charge is -2.11. The van der Waals surface area contributed by atoms with Gasteiger partial charge in [0.2, 0.25) is 0 Å². The molecule has 0 aliphatic carbocycles. The van der Waals surface area contributed by atoms with E-state index in [1.54, 1.807) is 24.3 Å². The molecule has 0 saturated carbocycles. The molecule has 2 aromatic carbocycles. The summed E-state index contributed by atoms with van der Waals surface area (Å²) >= 11 is 15.1. The quantitative estimate of drug-likeness (QED) is 0.750. The zero-order chi connectivity index (χ0) is 16.3. The van der Waals surface area contributed by atoms with Crippen LogP contribution in [0.2, 0.25) is 10.0 Å². The number of hydrogen-bond acceptors (Lipinski definition) is 3. The topological polar surface area (TPSA) is 55.4 Å². The first-order valence-corrected chi connectivity index (χ1v) is 7.61. The van der Waals surface area contributed by atoms with Gasteiger partial charge in [-0.25, -0.2) is 4.79 Å². The van der Waals surface area contributed by atoms with Gasteiger partial charge in [0, 0.05) is 9.50 Å². The predicted octanol–water partition coefficient (Wildman–Crippen LogP) is 4.79. The average Bonchev–Trinajstić information content (AvgIpc) is 2.48. The second-order valence-corrected chi connectivity index (χ2v) is 6.02. The van der Waals surface area contributed by atoms with Crippen molar-refractivity contribution < 1.29 is 14.3 Å². The van der Waals surface area contributed by atoms with Gasteiger partial charge in [-0.15, -0.1) is 0 Å². The molecule has 114 valence electrons. The van der Waals surface area contributed by atoms with E-state index in [1.165, 1.54) is 19.2 Å². The summed E-state index contributed by atoms with van der Waals surface area (Å²) in [6.07, 6.45) is 0. The molecule has 7 heteroatoms. The highest BCUT2D eigenvalue weighted by Crippen LogP contribution is 2.25. The highest BCUT2D eigenvalue weighted by molar-refractivity contribution is 9.10. The van der Waals surface area contributed by atoms with Gasteiger partial charge in [-0.3, -0.25) is 4.79 Å². The van der Waals surface area contributed by atoms with Crippen LogP contribution in [0.25, 0.3) is 0 Å². The largest absolute Gasteiger partial charge is 0.465 e. The van der Waals surface area contributed by atoms with Crippen LogP contribution in [-0.4, -0.2) is 19.0 Å². The highest BCUT2D eigenvalue weighted by atomic mass is 79.9. The lowest BCUT2D eigenvalue weighted by molar-refractivity contribution is 0.0602. The maximum atomic E-state index is 12.3. The van der Waals surface area contributed by atoms with Crippen molar-refractivity contribution in [2.75, 3.05) is 12.4 Å². The van der Waals surface area contributed by atoms with E-state index in [1.807, 2.05) is 0 Å². The minimum atomic E-state index is -0.557. The Bertz CT molecular complexity index is 750. The number of rotatable bonds is 3. The van der Waals surface area contributed by atoms with Crippen molar-refractivity contribution in [2.45, 2.75) is 0 Å². The first-order chi connectivity index (χ1) is 10.4. The Morgan fingerprint density at radius 2 is 1.82 bits per heavy atom. The zero-order valence-corrected chi connectivity index (χ0v) is 14.4. The first-order valence-electron chi connectivity index (χ1n) is 6.06. The van der Waals surface area contributed by atoms with Gasteiger partial charge in [0.1, 0.15) is 0 Å². The van der Waals surface area contributed by atoms with Crippen LogP contribution < -0.4 is 5.32 Å². The summed E-state index contributed by atoms with van der Waals surface area (Å²) in [5.41, 5.74) is 0.811. The molecular formula is C15H10BrCl2NO3. The van der Waals surface area contributed by atoms with E-state index in [4.69, 9.17) is 27.9 Å². The summed E-state index contributed by atoms with van der Waals surface area (Å²) in [5.74, 6) is -1.01. The molecule has 4 nitrogen and oxygen atoms in total. The molecule has 0 aromatic heterocycles. The summed E-state index contributed by atoms with van der Waals surface area (Å²) in [6.45, 7) is 0. The molecule has 2 aromatic rings. The molecule has 0 spiro atoms. The third-order valence-corrected chi connectivity index (χ3v) is 3.85. The number of amides is 1. The molecule has 0 heterocycles. The lowest BCUT2D eigenvalue weighted by Crippen LogP contribution is -2.15. The Kier molecular flexibility index (Phi) is 5.45. The number of benzene rings is 2. The molecule has 0 bridgehead atoms. The third-order valence-electron chi connectivity index (χ3n) is 2.81. The smallest absolute Gasteiger partial charge is 0.340 e. The number of methoxy groups -OCH3 is 1. The van der Waals surface area contributed by atoms with Gasteiger partial charge in [0.05, 0.1) is 28.9 Å². The van der Waals surface area contributed by atoms with Gasteiger partial charge in [0.15, 0.2) is 0 Å². The van der Waals surface area contributed by atoms with Crippen LogP contribution in [0.4, 0.5) is 5.69 Å². The van der Waals surface area contributed by atoms with E-state index in [0.29, 0.717) is 15.2 Å². The highest BCUT2D eigenvalue weighted by Gasteiger charge is 2.17. The van der Waals surface area contributed by atoms with Gasteiger partial charge >= 0.3 is 5.97 Å². The molecule has 1 amide bonds. The van der Waals surface area contributed by atoms with Gasteiger partial charge in [0.25, 0.3) is 5.91 Å². The van der Waals surface area contributed by atoms with Crippen molar-refractivity contribution in [1.82, 2.24) is 0 Å². The maximum Gasteiger partial charge on any atom is 0.340 e. The number of carbonyl (C=O) groups is 2. The molecule has 0 aliphatic heterocycles. The minimum absolute atomic E-state index is 0.224. The zero-order valence-electron chi connectivity index (χ0n) is 11.3. The molecular weight excluding hydrogens is 393 g/mol. The number of anilines is 1. The number of esters is 1. The number of carbonyl (C=O) groups excluding carboxylic acids is 2. The third kappa shape index (κ3) is 3.80. The Balaban J connectivity index is 2.34. The Morgan fingerprint density at radius 3 is 2.45 bits per heavy atom. The van der Waals surface area contributed by atoms with Crippen LogP contribution in [0.15, 0.2) is 40.9 Å². The molecule has 0 radical (unpaired) electrons. The molecule has 2 rings (SSSR count). The Labute approximate surface area is 145 Å². The van der Waals surface area contributed by atoms with Crippen molar-refractivity contribution in [1.29, 1.82) is 0 Å². The molecule has 0 unspecified atom stereocenters. The maximum absolute atomic E-state index is 12.3. The Hall–Kier alpha value is -1.56. The van der Waals surface area contributed by atoms with Gasteiger partial charge in [-0.1, -0.05) is 39.1 Å². The van der Waals surface area contributed by atoms with Crippen molar-refractivity contribution >= 4 is 56.7 Å². The second kappa shape index (κ2) is 7.13. The summed E-state index contributed by atoms with van der Waals surface area (Å²) in [6, 6.07) is 9.40. The van der Waals surface area contributed by atoms with Crippen LogP contribution in [0.5, 0.6) is 0 Å². The fourth-order valence-electron chi connectivity index (χ4n) is 1.77. The van der Waals surface area contributed by atoms with E-state index in [9.17, 15) is 9.59 Å². The Morgan fingerprint density at radius 1 is 1.09 bits per heavy atom. The number of halogens is 3. The van der Waals surface area contributed by atoms with E-state index in [2.05, 4.69) is 21.2 Å². The standard InChI is InChI=1S/C15H10BrCl2NO3/c1-22-15(21)11-6-8(16)2-5-13(11)19-14(20)10-4-3-9(17)7-12(10)18/h2-7H,1H3,(H,19,20). The SMILES string of the molecule is COC(=O)c1cc(Br)ccc1NC(=O)c1ccc(Cl)cc1Cl. The molecule has 0 saturated heterocycles. The number of ether oxygens (including phenoxy) is 1. The van der Waals surface area contributed by atoms with Gasteiger partial charge < -0.3 is 10.1 Å². The summed E-state index contributed by atoms with van der Waals surface area (Å²) in [5, 5.41) is 3.30. The molecule has 0 atom stereocenters. The van der Waals surface area contributed by atoms with E-state index in [0.717, 1.165) is 0 Å². The lowest BCUT2D eigenvalue weighted by atomic mass is 10.1. The molecule has 22 heavy (non-hydrogen) atoms. The fourth-order valence-corrected chi connectivity index (χ4v) is 2.62. The van der Waals surface area contributed by atoms with Crippen molar-refractivity contribution in [3.63, 3.8) is 0 Å². The molecule has 0 fully saturated rings. The predicted molar refractivity (Wildman–Crippen MR) is 89.9 cm³/mol. The summed E-state index contributed by atoms with van der Waals surface area (Å²) < 4.78 is 5.39. The molecule has 1 N–H and O–H groups in total. The van der Waals surface area contributed by atoms with Crippen molar-refractivity contribution in [3.05, 3.63) is 62.0 Å². The van der Waals surface area contributed by atoms with Crippen LogP contribution >= 0.6 is 39.1 Å². The number of hydrogen-bond donors (Lipinski definition) is 1. The van der Waals surface area contributed by atoms with E-state index in [-0.39, 0.29) is 16.1 Å². The van der Waals surface area contributed by atoms with Gasteiger partial charge in [-0.05, 0) is 36.4 Å². The van der Waals surface area contributed by atoms with Crippen molar-refractivity contribution in [2.24, 2.45) is 0 Å². The van der Waals surface area contributed by atoms with Gasteiger partial charge in [-0.2, -0.15) is 0 Å². The van der Waals surface area contributed by atoms with Crippen molar-refractivity contribution in [3.8, 4) is 0 Å². The number of nitrogens with one attached hydrogen (secondary N) is 1. The van der Waals surface area contributed by atoms with Crippen LogP contribution in [0.3, 0.4) is 0 Å². The monoisotopic (exact) mass is 401 g/mol. The van der Waals surface area contributed by atoms with Crippen LogP contribution in [0.1, 0.15) is 20.7 Å². The summed E-state index contributed by atoms with van der Waals surface area (Å²) in [4.78, 5) is 24.1. The van der Waals surface area contributed by atoms with E-state index >= 15 is 0 Å².